The molecule has 78 valence electrons. The van der Waals surface area contributed by atoms with E-state index < -0.39 is 0 Å². The molecule has 1 aromatic rings. The van der Waals surface area contributed by atoms with Gasteiger partial charge in [0, 0.05) is 5.92 Å². The molecule has 1 aliphatic rings. The molecule has 1 aromatic carbocycles. The zero-order valence-corrected chi connectivity index (χ0v) is 8.98. The molecule has 1 N–H and O–H groups in total. The zero-order chi connectivity index (χ0) is 10.7. The molecular formula is C14H16O. The van der Waals surface area contributed by atoms with Gasteiger partial charge in [0.15, 0.2) is 0 Å². The van der Waals surface area contributed by atoms with Crippen molar-refractivity contribution in [1.82, 2.24) is 0 Å². The third-order valence-electron chi connectivity index (χ3n) is 2.92. The van der Waals surface area contributed by atoms with Crippen LogP contribution in [0.4, 0.5) is 0 Å². The molecule has 0 radical (unpaired) electrons. The number of hydrogen-bond donors (Lipinski definition) is 1. The van der Waals surface area contributed by atoms with Crippen LogP contribution in [0, 0.1) is 0 Å². The number of hydrogen-bond acceptors (Lipinski definition) is 1. The van der Waals surface area contributed by atoms with Gasteiger partial charge >= 0.3 is 0 Å². The molecule has 1 atom stereocenters. The van der Waals surface area contributed by atoms with Crippen molar-refractivity contribution < 1.29 is 5.11 Å². The lowest BCUT2D eigenvalue weighted by atomic mass is 9.89. The Morgan fingerprint density at radius 3 is 2.47 bits per heavy atom. The van der Waals surface area contributed by atoms with Crippen LogP contribution in [0.5, 0.6) is 5.75 Å². The smallest absolute Gasteiger partial charge is 0.115 e. The van der Waals surface area contributed by atoms with E-state index in [0.717, 1.165) is 12.8 Å². The lowest BCUT2D eigenvalue weighted by molar-refractivity contribution is 0.475. The first-order chi connectivity index (χ1) is 7.27. The summed E-state index contributed by atoms with van der Waals surface area (Å²) in [5, 5.41) is 9.22. The summed E-state index contributed by atoms with van der Waals surface area (Å²) in [5.74, 6) is 0.751. The van der Waals surface area contributed by atoms with Gasteiger partial charge in [-0.25, -0.2) is 0 Å². The first-order valence-corrected chi connectivity index (χ1v) is 5.43. The summed E-state index contributed by atoms with van der Waals surface area (Å²) in [6.07, 6.45) is 9.05. The van der Waals surface area contributed by atoms with Gasteiger partial charge in [0.1, 0.15) is 5.75 Å². The van der Waals surface area contributed by atoms with E-state index in [9.17, 15) is 5.11 Å². The van der Waals surface area contributed by atoms with Gasteiger partial charge in [-0.15, -0.1) is 0 Å². The third-order valence-corrected chi connectivity index (χ3v) is 2.92. The van der Waals surface area contributed by atoms with E-state index in [2.05, 4.69) is 25.2 Å². The Bertz CT molecular complexity index is 384. The Kier molecular flexibility index (Phi) is 2.91. The van der Waals surface area contributed by atoms with E-state index in [1.54, 1.807) is 12.1 Å². The number of phenols is 1. The monoisotopic (exact) mass is 200 g/mol. The van der Waals surface area contributed by atoms with Crippen molar-refractivity contribution in [2.75, 3.05) is 0 Å². The molecule has 1 aliphatic carbocycles. The van der Waals surface area contributed by atoms with Crippen molar-refractivity contribution in [2.45, 2.75) is 25.7 Å². The van der Waals surface area contributed by atoms with Crippen molar-refractivity contribution in [2.24, 2.45) is 0 Å². The van der Waals surface area contributed by atoms with Crippen LogP contribution in [0.2, 0.25) is 0 Å². The number of benzene rings is 1. The minimum atomic E-state index is 0.333. The quantitative estimate of drug-likeness (QED) is 0.770. The van der Waals surface area contributed by atoms with Crippen molar-refractivity contribution in [3.05, 3.63) is 53.6 Å². The Balaban J connectivity index is 2.20. The third kappa shape index (κ3) is 2.30. The van der Waals surface area contributed by atoms with Crippen LogP contribution < -0.4 is 0 Å². The summed E-state index contributed by atoms with van der Waals surface area (Å²) in [5.41, 5.74) is 2.64. The van der Waals surface area contributed by atoms with Crippen molar-refractivity contribution in [3.63, 3.8) is 0 Å². The molecule has 1 unspecified atom stereocenters. The summed E-state index contributed by atoms with van der Waals surface area (Å²) >= 11 is 0. The van der Waals surface area contributed by atoms with Crippen molar-refractivity contribution >= 4 is 0 Å². The summed E-state index contributed by atoms with van der Waals surface area (Å²) in [6, 6.07) is 7.48. The fraction of sp³-hybridized carbons (Fsp3) is 0.286. The second kappa shape index (κ2) is 4.35. The van der Waals surface area contributed by atoms with Gasteiger partial charge < -0.3 is 5.11 Å². The molecular weight excluding hydrogens is 184 g/mol. The summed E-state index contributed by atoms with van der Waals surface area (Å²) in [7, 11) is 0. The molecule has 15 heavy (non-hydrogen) atoms. The first-order valence-electron chi connectivity index (χ1n) is 5.43. The lowest BCUT2D eigenvalue weighted by Crippen LogP contribution is -1.97. The fourth-order valence-corrected chi connectivity index (χ4v) is 1.91. The maximum absolute atomic E-state index is 9.22. The van der Waals surface area contributed by atoms with Gasteiger partial charge in [-0.3, -0.25) is 0 Å². The van der Waals surface area contributed by atoms with E-state index in [-0.39, 0.29) is 0 Å². The number of aromatic hydroxyl groups is 1. The summed E-state index contributed by atoms with van der Waals surface area (Å²) in [6.45, 7) is 2.20. The van der Waals surface area contributed by atoms with E-state index in [1.165, 1.54) is 11.1 Å². The molecule has 0 heterocycles. The topological polar surface area (TPSA) is 20.2 Å². The highest BCUT2D eigenvalue weighted by Crippen LogP contribution is 2.28. The Hall–Kier alpha value is -1.50. The molecule has 0 saturated heterocycles. The van der Waals surface area contributed by atoms with E-state index in [1.807, 2.05) is 12.1 Å². The van der Waals surface area contributed by atoms with Crippen LogP contribution in [0.15, 0.2) is 48.1 Å². The predicted molar refractivity (Wildman–Crippen MR) is 63.0 cm³/mol. The van der Waals surface area contributed by atoms with Gasteiger partial charge in [-0.05, 0) is 36.1 Å². The first kappa shape index (κ1) is 10.0. The largest absolute Gasteiger partial charge is 0.508 e. The molecule has 0 amide bonds. The van der Waals surface area contributed by atoms with Gasteiger partial charge in [0.05, 0.1) is 0 Å². The van der Waals surface area contributed by atoms with Gasteiger partial charge in [0.2, 0.25) is 0 Å². The van der Waals surface area contributed by atoms with E-state index >= 15 is 0 Å². The van der Waals surface area contributed by atoms with Gasteiger partial charge in [-0.1, -0.05) is 37.3 Å². The number of phenolic OH excluding ortho intramolecular Hbond substituents is 1. The molecule has 0 fully saturated rings. The molecule has 1 nitrogen and oxygen atoms in total. The zero-order valence-electron chi connectivity index (χ0n) is 8.98. The minimum Gasteiger partial charge on any atom is -0.508 e. The molecule has 0 spiro atoms. The average Bonchev–Trinajstić information content (AvgIpc) is 2.30. The second-order valence-electron chi connectivity index (χ2n) is 4.00. The normalized spacial score (nSPS) is 17.3. The highest BCUT2D eigenvalue weighted by molar-refractivity contribution is 5.37. The van der Waals surface area contributed by atoms with Crippen molar-refractivity contribution in [3.8, 4) is 5.75 Å². The summed E-state index contributed by atoms with van der Waals surface area (Å²) in [4.78, 5) is 0. The lowest BCUT2D eigenvalue weighted by Gasteiger charge is -2.16. The number of rotatable bonds is 2. The van der Waals surface area contributed by atoms with Gasteiger partial charge in [0.25, 0.3) is 0 Å². The van der Waals surface area contributed by atoms with E-state index in [0.29, 0.717) is 11.7 Å². The molecule has 2 rings (SSSR count). The highest BCUT2D eigenvalue weighted by atomic mass is 16.3. The molecule has 0 bridgehead atoms. The Labute approximate surface area is 90.8 Å². The van der Waals surface area contributed by atoms with Crippen LogP contribution in [0.1, 0.15) is 31.2 Å². The maximum Gasteiger partial charge on any atom is 0.115 e. The van der Waals surface area contributed by atoms with Crippen LogP contribution in [0.3, 0.4) is 0 Å². The second-order valence-corrected chi connectivity index (χ2v) is 4.00. The number of allylic oxidation sites excluding steroid dienone is 4. The van der Waals surface area contributed by atoms with Crippen LogP contribution >= 0.6 is 0 Å². The molecule has 0 aliphatic heterocycles. The van der Waals surface area contributed by atoms with Crippen LogP contribution in [-0.4, -0.2) is 5.11 Å². The SMILES string of the molecule is CC(C1=CCCC=C1)c1ccc(O)cc1. The van der Waals surface area contributed by atoms with Crippen LogP contribution in [0.25, 0.3) is 0 Å². The standard InChI is InChI=1S/C14H16O/c1-11(12-5-3-2-4-6-12)13-7-9-14(15)10-8-13/h3,5-11,15H,2,4H2,1H3. The molecule has 0 aromatic heterocycles. The van der Waals surface area contributed by atoms with Crippen LogP contribution in [-0.2, 0) is 0 Å². The Morgan fingerprint density at radius 1 is 1.13 bits per heavy atom. The molecule has 0 saturated carbocycles. The summed E-state index contributed by atoms with van der Waals surface area (Å²) < 4.78 is 0. The predicted octanol–water partition coefficient (Wildman–Crippen LogP) is 3.77. The van der Waals surface area contributed by atoms with Crippen molar-refractivity contribution in [1.29, 1.82) is 0 Å². The maximum atomic E-state index is 9.22. The highest BCUT2D eigenvalue weighted by Gasteiger charge is 2.10. The molecule has 1 heteroatoms. The van der Waals surface area contributed by atoms with Gasteiger partial charge in [-0.2, -0.15) is 0 Å². The van der Waals surface area contributed by atoms with E-state index in [4.69, 9.17) is 0 Å². The Morgan fingerprint density at radius 2 is 1.87 bits per heavy atom. The minimum absolute atomic E-state index is 0.333. The average molecular weight is 200 g/mol. The fourth-order valence-electron chi connectivity index (χ4n) is 1.91.